The van der Waals surface area contributed by atoms with Crippen molar-refractivity contribution in [2.24, 2.45) is 0 Å². The van der Waals surface area contributed by atoms with Gasteiger partial charge in [0.15, 0.2) is 5.69 Å². The molecule has 2 heterocycles. The van der Waals surface area contributed by atoms with Crippen LogP contribution in [0.4, 0.5) is 28.8 Å². The molecule has 0 fully saturated rings. The Kier molecular flexibility index (Phi) is 8.42. The average molecular weight is 572 g/mol. The van der Waals surface area contributed by atoms with E-state index in [1.165, 1.54) is 12.3 Å². The molecule has 11 heteroatoms. The molecule has 0 N–H and O–H groups in total. The minimum Gasteiger partial charge on any atom is -0.443 e. The number of amides is 1. The van der Waals surface area contributed by atoms with Crippen LogP contribution >= 0.6 is 27.3 Å². The van der Waals surface area contributed by atoms with E-state index in [1.54, 1.807) is 32.9 Å². The number of unbranched alkanes of at least 4 members (excludes halogenated alkanes) is 1. The van der Waals surface area contributed by atoms with Gasteiger partial charge in [-0.25, -0.2) is 19.7 Å². The number of hydrogen-bond donors (Lipinski definition) is 0. The molecule has 0 saturated heterocycles. The standard InChI is InChI=1S/C24H25BrF3N3O3S/c1-5-6-10-15-11-7-8-13-17(15)33-20-16(12-9-14-29-20)31(22(32)34-23(2,3)4)21-30-18(19(25)35-21)24(26,27)28/h7-9,11-14H,5-6,10H2,1-4H3. The Labute approximate surface area is 214 Å². The Morgan fingerprint density at radius 1 is 1.14 bits per heavy atom. The van der Waals surface area contributed by atoms with Crippen LogP contribution in [0.2, 0.25) is 0 Å². The minimum absolute atomic E-state index is 0.0298. The molecule has 6 nitrogen and oxygen atoms in total. The molecule has 0 atom stereocenters. The first-order chi connectivity index (χ1) is 16.4. The van der Waals surface area contributed by atoms with Crippen molar-refractivity contribution in [1.82, 2.24) is 9.97 Å². The molecule has 0 radical (unpaired) electrons. The first-order valence-corrected chi connectivity index (χ1v) is 12.5. The molecule has 3 aromatic rings. The number of pyridine rings is 1. The Morgan fingerprint density at radius 2 is 1.86 bits per heavy atom. The van der Waals surface area contributed by atoms with Crippen LogP contribution in [0.5, 0.6) is 11.6 Å². The van der Waals surface area contributed by atoms with E-state index < -0.39 is 23.6 Å². The van der Waals surface area contributed by atoms with E-state index in [-0.39, 0.29) is 20.5 Å². The van der Waals surface area contributed by atoms with Crippen LogP contribution in [0.15, 0.2) is 46.4 Å². The number of carbonyl (C=O) groups excluding carboxylic acids is 1. The number of aromatic nitrogens is 2. The number of carbonyl (C=O) groups is 1. The molecule has 0 aliphatic rings. The second-order valence-corrected chi connectivity index (χ2v) is 10.9. The number of alkyl halides is 3. The second kappa shape index (κ2) is 10.9. The number of thiazole rings is 1. The van der Waals surface area contributed by atoms with Crippen molar-refractivity contribution >= 4 is 44.2 Å². The van der Waals surface area contributed by atoms with Gasteiger partial charge in [-0.2, -0.15) is 13.2 Å². The third-order valence-corrected chi connectivity index (χ3v) is 6.27. The zero-order valence-corrected chi connectivity index (χ0v) is 22.1. The van der Waals surface area contributed by atoms with Gasteiger partial charge in [-0.05, 0) is 73.3 Å². The molecule has 0 aliphatic heterocycles. The van der Waals surface area contributed by atoms with Gasteiger partial charge in [-0.1, -0.05) is 42.9 Å². The predicted molar refractivity (Wildman–Crippen MR) is 133 cm³/mol. The molecule has 188 valence electrons. The normalized spacial score (nSPS) is 11.9. The van der Waals surface area contributed by atoms with Crippen molar-refractivity contribution in [2.45, 2.75) is 58.7 Å². The van der Waals surface area contributed by atoms with Crippen molar-refractivity contribution < 1.29 is 27.4 Å². The monoisotopic (exact) mass is 571 g/mol. The van der Waals surface area contributed by atoms with Gasteiger partial charge in [0.25, 0.3) is 0 Å². The minimum atomic E-state index is -4.71. The number of ether oxygens (including phenoxy) is 2. The summed E-state index contributed by atoms with van der Waals surface area (Å²) in [6.45, 7) is 7.06. The number of anilines is 2. The van der Waals surface area contributed by atoms with Crippen molar-refractivity contribution in [3.05, 3.63) is 57.6 Å². The van der Waals surface area contributed by atoms with Gasteiger partial charge in [0.2, 0.25) is 11.0 Å². The largest absolute Gasteiger partial charge is 0.443 e. The van der Waals surface area contributed by atoms with Crippen LogP contribution < -0.4 is 9.64 Å². The van der Waals surface area contributed by atoms with Gasteiger partial charge >= 0.3 is 12.3 Å². The molecule has 0 aliphatic carbocycles. The third kappa shape index (κ3) is 6.94. The summed E-state index contributed by atoms with van der Waals surface area (Å²) in [6.07, 6.45) is -1.43. The lowest BCUT2D eigenvalue weighted by atomic mass is 10.1. The van der Waals surface area contributed by atoms with Crippen LogP contribution in [0.3, 0.4) is 0 Å². The molecular weight excluding hydrogens is 547 g/mol. The maximum absolute atomic E-state index is 13.5. The number of para-hydroxylation sites is 1. The Balaban J connectivity index is 2.10. The third-order valence-electron chi connectivity index (χ3n) is 4.58. The highest BCUT2D eigenvalue weighted by atomic mass is 79.9. The summed E-state index contributed by atoms with van der Waals surface area (Å²) in [5.41, 5.74) is -0.998. The summed E-state index contributed by atoms with van der Waals surface area (Å²) < 4.78 is 51.7. The maximum atomic E-state index is 13.5. The summed E-state index contributed by atoms with van der Waals surface area (Å²) in [5.74, 6) is 0.573. The molecule has 0 spiro atoms. The molecule has 0 bridgehead atoms. The molecule has 3 rings (SSSR count). The molecule has 1 amide bonds. The highest BCUT2D eigenvalue weighted by Gasteiger charge is 2.39. The first-order valence-electron chi connectivity index (χ1n) is 10.9. The number of rotatable bonds is 7. The van der Waals surface area contributed by atoms with E-state index in [0.29, 0.717) is 17.1 Å². The smallest absolute Gasteiger partial charge is 0.435 e. The quantitative estimate of drug-likeness (QED) is 0.284. The van der Waals surface area contributed by atoms with Crippen molar-refractivity contribution in [3.63, 3.8) is 0 Å². The summed E-state index contributed by atoms with van der Waals surface area (Å²) in [7, 11) is 0. The van der Waals surface area contributed by atoms with E-state index >= 15 is 0 Å². The van der Waals surface area contributed by atoms with E-state index in [0.717, 1.165) is 29.7 Å². The highest BCUT2D eigenvalue weighted by molar-refractivity contribution is 9.11. The second-order valence-electron chi connectivity index (χ2n) is 8.57. The Hall–Kier alpha value is -2.66. The Bertz CT molecular complexity index is 1180. The average Bonchev–Trinajstić information content (AvgIpc) is 3.15. The lowest BCUT2D eigenvalue weighted by Crippen LogP contribution is -2.34. The molecular formula is C24H25BrF3N3O3S. The van der Waals surface area contributed by atoms with Gasteiger partial charge in [0, 0.05) is 6.20 Å². The van der Waals surface area contributed by atoms with Crippen LogP contribution in [0, 0.1) is 0 Å². The van der Waals surface area contributed by atoms with E-state index in [1.807, 2.05) is 18.2 Å². The zero-order chi connectivity index (χ0) is 25.8. The Morgan fingerprint density at radius 3 is 2.49 bits per heavy atom. The summed E-state index contributed by atoms with van der Waals surface area (Å²) >= 11 is 3.58. The zero-order valence-electron chi connectivity index (χ0n) is 19.6. The highest BCUT2D eigenvalue weighted by Crippen LogP contribution is 2.44. The van der Waals surface area contributed by atoms with Gasteiger partial charge in [-0.3, -0.25) is 0 Å². The van der Waals surface area contributed by atoms with Crippen molar-refractivity contribution in [2.75, 3.05) is 4.90 Å². The van der Waals surface area contributed by atoms with E-state index in [4.69, 9.17) is 9.47 Å². The lowest BCUT2D eigenvalue weighted by molar-refractivity contribution is -0.141. The molecule has 2 aromatic heterocycles. The van der Waals surface area contributed by atoms with Crippen LogP contribution in [0.1, 0.15) is 51.8 Å². The van der Waals surface area contributed by atoms with Crippen LogP contribution in [-0.4, -0.2) is 21.7 Å². The molecule has 0 unspecified atom stereocenters. The number of nitrogens with zero attached hydrogens (tertiary/aromatic N) is 3. The number of aryl methyl sites for hydroxylation is 1. The SMILES string of the molecule is CCCCc1ccccc1Oc1ncccc1N(C(=O)OC(C)(C)C)c1nc(C(F)(F)F)c(Br)s1. The fourth-order valence-electron chi connectivity index (χ4n) is 3.06. The van der Waals surface area contributed by atoms with Gasteiger partial charge in [-0.15, -0.1) is 0 Å². The summed E-state index contributed by atoms with van der Waals surface area (Å²) in [5, 5.41) is -0.240. The first kappa shape index (κ1) is 26.9. The van der Waals surface area contributed by atoms with Crippen molar-refractivity contribution in [1.29, 1.82) is 0 Å². The maximum Gasteiger partial charge on any atom is 0.435 e. The van der Waals surface area contributed by atoms with Crippen molar-refractivity contribution in [3.8, 4) is 11.6 Å². The van der Waals surface area contributed by atoms with Crippen LogP contribution in [0.25, 0.3) is 0 Å². The molecule has 1 aromatic carbocycles. The fourth-order valence-corrected chi connectivity index (χ4v) is 4.63. The topological polar surface area (TPSA) is 64.5 Å². The molecule has 35 heavy (non-hydrogen) atoms. The number of benzene rings is 1. The summed E-state index contributed by atoms with van der Waals surface area (Å²) in [4.78, 5) is 22.2. The number of hydrogen-bond acceptors (Lipinski definition) is 6. The van der Waals surface area contributed by atoms with Gasteiger partial charge in [0.05, 0.1) is 0 Å². The predicted octanol–water partition coefficient (Wildman–Crippen LogP) is 8.53. The summed E-state index contributed by atoms with van der Waals surface area (Å²) in [6, 6.07) is 10.5. The lowest BCUT2D eigenvalue weighted by Gasteiger charge is -2.26. The molecule has 0 saturated carbocycles. The number of halogens is 4. The van der Waals surface area contributed by atoms with Gasteiger partial charge in [0.1, 0.15) is 20.8 Å². The van der Waals surface area contributed by atoms with E-state index in [9.17, 15) is 18.0 Å². The fraction of sp³-hybridized carbons (Fsp3) is 0.375. The van der Waals surface area contributed by atoms with Crippen LogP contribution in [-0.2, 0) is 17.3 Å². The van der Waals surface area contributed by atoms with E-state index in [2.05, 4.69) is 32.8 Å². The van der Waals surface area contributed by atoms with Gasteiger partial charge < -0.3 is 9.47 Å².